The summed E-state index contributed by atoms with van der Waals surface area (Å²) in [6.07, 6.45) is 5.29. The fourth-order valence-electron chi connectivity index (χ4n) is 5.32. The lowest BCUT2D eigenvalue weighted by molar-refractivity contribution is 0.312. The van der Waals surface area contributed by atoms with Gasteiger partial charge in [0.15, 0.2) is 5.52 Å². The van der Waals surface area contributed by atoms with Crippen molar-refractivity contribution in [2.45, 2.75) is 6.54 Å². The average molecular weight is 543 g/mol. The van der Waals surface area contributed by atoms with Gasteiger partial charge in [-0.15, -0.1) is 0 Å². The zero-order valence-corrected chi connectivity index (χ0v) is 21.9. The Labute approximate surface area is 227 Å². The third kappa shape index (κ3) is 4.03. The first-order valence-corrected chi connectivity index (χ1v) is 13.1. The summed E-state index contributed by atoms with van der Waals surface area (Å²) in [5.74, 6) is 0.390. The molecule has 0 aliphatic carbocycles. The molecule has 39 heavy (non-hydrogen) atoms. The van der Waals surface area contributed by atoms with Gasteiger partial charge in [-0.2, -0.15) is 10.2 Å². The highest BCUT2D eigenvalue weighted by atomic mass is 35.5. The van der Waals surface area contributed by atoms with Crippen molar-refractivity contribution in [3.63, 3.8) is 0 Å². The molecular weight excluding hydrogens is 519 g/mol. The Hall–Kier alpha value is -4.28. The SMILES string of the molecule is CN1CCN(c2ccc(Cn3cc4c(n3)c(=O)n(-c3cccc5[nH]ncc35)c3cc(Cl)c(F)cc43)cn2)CC1. The van der Waals surface area contributed by atoms with Crippen LogP contribution >= 0.6 is 11.6 Å². The minimum atomic E-state index is -0.561. The largest absolute Gasteiger partial charge is 0.354 e. The molecule has 1 N–H and O–H groups in total. The predicted octanol–water partition coefficient (Wildman–Crippen LogP) is 4.20. The average Bonchev–Trinajstić information content (AvgIpc) is 3.59. The normalized spacial score (nSPS) is 14.7. The molecule has 1 fully saturated rings. The van der Waals surface area contributed by atoms with Gasteiger partial charge in [-0.1, -0.05) is 23.7 Å². The molecule has 9 nitrogen and oxygen atoms in total. The topological polar surface area (TPSA) is 87.9 Å². The van der Waals surface area contributed by atoms with Gasteiger partial charge in [0.25, 0.3) is 5.56 Å². The molecule has 0 unspecified atom stereocenters. The standard InChI is InChI=1S/C28H24ClFN8O/c1-35-7-9-36(10-8-35)26-6-5-17(13-31-26)15-37-16-20-18-11-22(30)21(29)12-25(18)38(28(39)27(20)34-37)24-4-2-3-23-19(24)14-32-33-23/h2-6,11-14,16H,7-10,15H2,1H3,(H,32,33). The van der Waals surface area contributed by atoms with Crippen LogP contribution in [0, 0.1) is 5.82 Å². The van der Waals surface area contributed by atoms with Crippen molar-refractivity contribution in [1.82, 2.24) is 34.4 Å². The van der Waals surface area contributed by atoms with Gasteiger partial charge in [-0.05, 0) is 42.9 Å². The number of nitrogens with one attached hydrogen (secondary N) is 1. The molecule has 1 aliphatic rings. The molecular formula is C28H24ClFN8O. The molecule has 5 heterocycles. The van der Waals surface area contributed by atoms with E-state index in [0.717, 1.165) is 48.5 Å². The molecule has 0 amide bonds. The predicted molar refractivity (Wildman–Crippen MR) is 151 cm³/mol. The summed E-state index contributed by atoms with van der Waals surface area (Å²) in [6, 6.07) is 12.4. The number of aromatic amines is 1. The number of hydrogen-bond donors (Lipinski definition) is 1. The molecule has 7 rings (SSSR count). The third-order valence-corrected chi connectivity index (χ3v) is 7.71. The van der Waals surface area contributed by atoms with Gasteiger partial charge < -0.3 is 9.80 Å². The Morgan fingerprint density at radius 1 is 1.03 bits per heavy atom. The number of pyridine rings is 2. The molecule has 1 saturated heterocycles. The van der Waals surface area contributed by atoms with E-state index in [1.807, 2.05) is 36.5 Å². The summed E-state index contributed by atoms with van der Waals surface area (Å²) >= 11 is 6.19. The molecule has 0 saturated carbocycles. The number of halogens is 2. The smallest absolute Gasteiger partial charge is 0.284 e. The fraction of sp³-hybridized carbons (Fsp3) is 0.214. The third-order valence-electron chi connectivity index (χ3n) is 7.42. The van der Waals surface area contributed by atoms with Crippen LogP contribution in [-0.2, 0) is 6.54 Å². The number of anilines is 1. The van der Waals surface area contributed by atoms with Gasteiger partial charge in [0.1, 0.15) is 11.6 Å². The maximum absolute atomic E-state index is 14.7. The first kappa shape index (κ1) is 23.8. The number of nitrogens with zero attached hydrogens (tertiary/aromatic N) is 7. The first-order valence-electron chi connectivity index (χ1n) is 12.7. The van der Waals surface area contributed by atoms with Crippen molar-refractivity contribution < 1.29 is 4.39 Å². The monoisotopic (exact) mass is 542 g/mol. The van der Waals surface area contributed by atoms with Crippen molar-refractivity contribution in [2.24, 2.45) is 0 Å². The van der Waals surface area contributed by atoms with E-state index in [2.05, 4.69) is 37.1 Å². The highest BCUT2D eigenvalue weighted by Gasteiger charge is 2.20. The Morgan fingerprint density at radius 3 is 2.67 bits per heavy atom. The Bertz CT molecular complexity index is 1920. The number of piperazine rings is 1. The zero-order chi connectivity index (χ0) is 26.7. The summed E-state index contributed by atoms with van der Waals surface area (Å²) in [4.78, 5) is 23.2. The van der Waals surface area contributed by atoms with Crippen molar-refractivity contribution in [3.8, 4) is 5.69 Å². The number of hydrogen-bond acceptors (Lipinski definition) is 6. The molecule has 6 aromatic rings. The van der Waals surface area contributed by atoms with Crippen LogP contribution < -0.4 is 10.5 Å². The van der Waals surface area contributed by atoms with E-state index in [9.17, 15) is 9.18 Å². The van der Waals surface area contributed by atoms with Crippen LogP contribution in [0.3, 0.4) is 0 Å². The highest BCUT2D eigenvalue weighted by molar-refractivity contribution is 6.31. The second kappa shape index (κ2) is 9.18. The number of rotatable bonds is 4. The van der Waals surface area contributed by atoms with Gasteiger partial charge in [-0.3, -0.25) is 19.1 Å². The van der Waals surface area contributed by atoms with Crippen LogP contribution in [0.25, 0.3) is 38.4 Å². The second-order valence-electron chi connectivity index (χ2n) is 9.94. The molecule has 0 radical (unpaired) electrons. The summed E-state index contributed by atoms with van der Waals surface area (Å²) < 4.78 is 17.9. The fourth-order valence-corrected chi connectivity index (χ4v) is 5.47. The van der Waals surface area contributed by atoms with Gasteiger partial charge >= 0.3 is 0 Å². The van der Waals surface area contributed by atoms with Crippen molar-refractivity contribution in [1.29, 1.82) is 0 Å². The Kier molecular flexibility index (Phi) is 5.60. The molecule has 4 aromatic heterocycles. The minimum Gasteiger partial charge on any atom is -0.354 e. The molecule has 11 heteroatoms. The lowest BCUT2D eigenvalue weighted by Gasteiger charge is -2.33. The van der Waals surface area contributed by atoms with Crippen LogP contribution in [0.15, 0.2) is 65.8 Å². The number of H-pyrrole nitrogens is 1. The van der Waals surface area contributed by atoms with Gasteiger partial charge in [0.2, 0.25) is 0 Å². The Morgan fingerprint density at radius 2 is 1.87 bits per heavy atom. The number of aromatic nitrogens is 6. The summed E-state index contributed by atoms with van der Waals surface area (Å²) in [5.41, 5.74) is 2.74. The molecule has 1 aliphatic heterocycles. The van der Waals surface area contributed by atoms with E-state index >= 15 is 0 Å². The van der Waals surface area contributed by atoms with Crippen LogP contribution in [0.5, 0.6) is 0 Å². The number of fused-ring (bicyclic) bond motifs is 4. The summed E-state index contributed by atoms with van der Waals surface area (Å²) in [5, 5.41) is 13.5. The maximum atomic E-state index is 14.7. The molecule has 0 atom stereocenters. The summed E-state index contributed by atoms with van der Waals surface area (Å²) in [6.45, 7) is 4.32. The molecule has 2 aromatic carbocycles. The van der Waals surface area contributed by atoms with Crippen molar-refractivity contribution >= 4 is 50.1 Å². The Balaban J connectivity index is 1.33. The van der Waals surface area contributed by atoms with Gasteiger partial charge in [-0.25, -0.2) is 9.37 Å². The molecule has 196 valence electrons. The first-order chi connectivity index (χ1) is 19.0. The van der Waals surface area contributed by atoms with E-state index < -0.39 is 5.82 Å². The maximum Gasteiger partial charge on any atom is 0.284 e. The van der Waals surface area contributed by atoms with Crippen LogP contribution in [-0.4, -0.2) is 67.7 Å². The van der Waals surface area contributed by atoms with Gasteiger partial charge in [0, 0.05) is 54.7 Å². The van der Waals surface area contributed by atoms with E-state index in [1.54, 1.807) is 17.1 Å². The minimum absolute atomic E-state index is 0.0618. The van der Waals surface area contributed by atoms with E-state index in [4.69, 9.17) is 11.6 Å². The zero-order valence-electron chi connectivity index (χ0n) is 21.1. The van der Waals surface area contributed by atoms with Crippen LogP contribution in [0.2, 0.25) is 5.02 Å². The molecule has 0 bridgehead atoms. The number of benzene rings is 2. The van der Waals surface area contributed by atoms with E-state index in [1.165, 1.54) is 16.7 Å². The van der Waals surface area contributed by atoms with Crippen LogP contribution in [0.4, 0.5) is 10.2 Å². The van der Waals surface area contributed by atoms with Crippen molar-refractivity contribution in [2.75, 3.05) is 38.1 Å². The number of likely N-dealkylation sites (N-methyl/N-ethyl adjacent to an activating group) is 1. The van der Waals surface area contributed by atoms with Crippen molar-refractivity contribution in [3.05, 3.63) is 87.8 Å². The lowest BCUT2D eigenvalue weighted by Crippen LogP contribution is -2.44. The lowest BCUT2D eigenvalue weighted by atomic mass is 10.1. The van der Waals surface area contributed by atoms with Crippen LogP contribution in [0.1, 0.15) is 5.56 Å². The second-order valence-corrected chi connectivity index (χ2v) is 10.3. The quantitative estimate of drug-likeness (QED) is 0.359. The summed E-state index contributed by atoms with van der Waals surface area (Å²) in [7, 11) is 2.13. The van der Waals surface area contributed by atoms with Gasteiger partial charge in [0.05, 0.1) is 34.5 Å². The van der Waals surface area contributed by atoms with E-state index in [0.29, 0.717) is 28.5 Å². The molecule has 0 spiro atoms. The van der Waals surface area contributed by atoms with E-state index in [-0.39, 0.29) is 16.1 Å². The highest BCUT2D eigenvalue weighted by Crippen LogP contribution is 2.31.